The van der Waals surface area contributed by atoms with Crippen LogP contribution in [-0.2, 0) is 4.74 Å². The van der Waals surface area contributed by atoms with E-state index in [0.29, 0.717) is 6.10 Å². The highest BCUT2D eigenvalue weighted by Crippen LogP contribution is 2.26. The zero-order chi connectivity index (χ0) is 11.6. The Balaban J connectivity index is 1.90. The van der Waals surface area contributed by atoms with Crippen LogP contribution in [0.25, 0.3) is 0 Å². The fourth-order valence-electron chi connectivity index (χ4n) is 2.42. The summed E-state index contributed by atoms with van der Waals surface area (Å²) in [7, 11) is 0. The second-order valence-electron chi connectivity index (χ2n) is 5.13. The van der Waals surface area contributed by atoms with Crippen molar-refractivity contribution in [2.24, 2.45) is 5.92 Å². The van der Waals surface area contributed by atoms with Crippen molar-refractivity contribution in [3.8, 4) is 0 Å². The lowest BCUT2D eigenvalue weighted by Crippen LogP contribution is -2.26. The Morgan fingerprint density at radius 2 is 1.94 bits per heavy atom. The Kier molecular flexibility index (Phi) is 7.87. The van der Waals surface area contributed by atoms with Gasteiger partial charge >= 0.3 is 0 Å². The summed E-state index contributed by atoms with van der Waals surface area (Å²) in [5.41, 5.74) is 0. The van der Waals surface area contributed by atoms with E-state index >= 15 is 0 Å². The molecule has 1 saturated carbocycles. The Labute approximate surface area is 101 Å². The molecule has 0 heterocycles. The molecule has 1 fully saturated rings. The molecule has 0 aromatic rings. The van der Waals surface area contributed by atoms with Gasteiger partial charge in [-0.15, -0.1) is 0 Å². The first-order chi connectivity index (χ1) is 7.84. The van der Waals surface area contributed by atoms with Crippen LogP contribution in [0, 0.1) is 5.92 Å². The van der Waals surface area contributed by atoms with E-state index in [-0.39, 0.29) is 0 Å². The van der Waals surface area contributed by atoms with E-state index in [1.54, 1.807) is 0 Å². The highest BCUT2D eigenvalue weighted by molar-refractivity contribution is 4.72. The van der Waals surface area contributed by atoms with Gasteiger partial charge in [-0.25, -0.2) is 0 Å². The van der Waals surface area contributed by atoms with E-state index in [1.807, 2.05) is 0 Å². The van der Waals surface area contributed by atoms with Gasteiger partial charge in [-0.2, -0.15) is 0 Å². The lowest BCUT2D eigenvalue weighted by Gasteiger charge is -2.28. The normalized spacial score (nSPS) is 25.9. The molecule has 2 nitrogen and oxygen atoms in total. The summed E-state index contributed by atoms with van der Waals surface area (Å²) in [4.78, 5) is 0. The summed E-state index contributed by atoms with van der Waals surface area (Å²) >= 11 is 0. The summed E-state index contributed by atoms with van der Waals surface area (Å²) in [6.07, 6.45) is 9.67. The van der Waals surface area contributed by atoms with Gasteiger partial charge in [0.25, 0.3) is 0 Å². The summed E-state index contributed by atoms with van der Waals surface area (Å²) in [5.74, 6) is 0.784. The maximum atomic E-state index is 5.97. The van der Waals surface area contributed by atoms with E-state index in [2.05, 4.69) is 19.2 Å². The van der Waals surface area contributed by atoms with Gasteiger partial charge in [0.15, 0.2) is 0 Å². The van der Waals surface area contributed by atoms with Crippen molar-refractivity contribution >= 4 is 0 Å². The lowest BCUT2D eigenvalue weighted by atomic mass is 9.88. The van der Waals surface area contributed by atoms with Crippen LogP contribution in [0.2, 0.25) is 0 Å². The molecule has 16 heavy (non-hydrogen) atoms. The molecule has 2 heteroatoms. The largest absolute Gasteiger partial charge is 0.378 e. The summed E-state index contributed by atoms with van der Waals surface area (Å²) < 4.78 is 5.97. The molecular formula is C14H29NO. The molecule has 1 N–H and O–H groups in total. The number of ether oxygens (including phenoxy) is 1. The SMILES string of the molecule is CCCNCCCCOC1CCCCC1C. The van der Waals surface area contributed by atoms with E-state index in [1.165, 1.54) is 44.9 Å². The smallest absolute Gasteiger partial charge is 0.0600 e. The highest BCUT2D eigenvalue weighted by Gasteiger charge is 2.21. The zero-order valence-electron chi connectivity index (χ0n) is 11.1. The first-order valence-electron chi connectivity index (χ1n) is 7.17. The number of hydrogen-bond acceptors (Lipinski definition) is 2. The van der Waals surface area contributed by atoms with Crippen molar-refractivity contribution in [1.29, 1.82) is 0 Å². The molecule has 2 atom stereocenters. The van der Waals surface area contributed by atoms with Gasteiger partial charge < -0.3 is 10.1 Å². The quantitative estimate of drug-likeness (QED) is 0.642. The van der Waals surface area contributed by atoms with Crippen LogP contribution in [0.15, 0.2) is 0 Å². The van der Waals surface area contributed by atoms with Crippen LogP contribution in [0.5, 0.6) is 0 Å². The minimum absolute atomic E-state index is 0.553. The summed E-state index contributed by atoms with van der Waals surface area (Å²) in [6, 6.07) is 0. The van der Waals surface area contributed by atoms with Gasteiger partial charge in [0, 0.05) is 6.61 Å². The van der Waals surface area contributed by atoms with Gasteiger partial charge in [-0.3, -0.25) is 0 Å². The third-order valence-corrected chi connectivity index (χ3v) is 3.54. The average molecular weight is 227 g/mol. The molecule has 1 aliphatic carbocycles. The number of unbranched alkanes of at least 4 members (excludes halogenated alkanes) is 1. The van der Waals surface area contributed by atoms with Crippen molar-refractivity contribution in [3.63, 3.8) is 0 Å². The molecule has 96 valence electrons. The maximum absolute atomic E-state index is 5.97. The number of hydrogen-bond donors (Lipinski definition) is 1. The van der Waals surface area contributed by atoms with Crippen molar-refractivity contribution < 1.29 is 4.74 Å². The van der Waals surface area contributed by atoms with Crippen LogP contribution < -0.4 is 5.32 Å². The predicted octanol–water partition coefficient (Wildman–Crippen LogP) is 3.36. The number of nitrogens with one attached hydrogen (secondary N) is 1. The predicted molar refractivity (Wildman–Crippen MR) is 69.8 cm³/mol. The van der Waals surface area contributed by atoms with Crippen molar-refractivity contribution in [3.05, 3.63) is 0 Å². The van der Waals surface area contributed by atoms with E-state index in [4.69, 9.17) is 4.74 Å². The Hall–Kier alpha value is -0.0800. The van der Waals surface area contributed by atoms with Crippen LogP contribution in [0.3, 0.4) is 0 Å². The third-order valence-electron chi connectivity index (χ3n) is 3.54. The fourth-order valence-corrected chi connectivity index (χ4v) is 2.42. The minimum Gasteiger partial charge on any atom is -0.378 e. The first kappa shape index (κ1) is 14.0. The molecule has 0 bridgehead atoms. The first-order valence-corrected chi connectivity index (χ1v) is 7.17. The molecule has 0 aromatic carbocycles. The monoisotopic (exact) mass is 227 g/mol. The van der Waals surface area contributed by atoms with Gasteiger partial charge in [-0.05, 0) is 51.1 Å². The van der Waals surface area contributed by atoms with Crippen LogP contribution in [0.1, 0.15) is 58.8 Å². The lowest BCUT2D eigenvalue weighted by molar-refractivity contribution is -0.00636. The molecule has 0 spiro atoms. The molecule has 0 radical (unpaired) electrons. The third kappa shape index (κ3) is 5.86. The number of rotatable bonds is 8. The second-order valence-corrected chi connectivity index (χ2v) is 5.13. The Morgan fingerprint density at radius 3 is 2.69 bits per heavy atom. The van der Waals surface area contributed by atoms with Gasteiger partial charge in [0.05, 0.1) is 6.10 Å². The van der Waals surface area contributed by atoms with E-state index < -0.39 is 0 Å². The van der Waals surface area contributed by atoms with Gasteiger partial charge in [0.1, 0.15) is 0 Å². The Morgan fingerprint density at radius 1 is 1.12 bits per heavy atom. The topological polar surface area (TPSA) is 21.3 Å². The van der Waals surface area contributed by atoms with E-state index in [0.717, 1.165) is 25.6 Å². The molecule has 0 aliphatic heterocycles. The molecule has 0 aromatic heterocycles. The Bertz CT molecular complexity index is 161. The fraction of sp³-hybridized carbons (Fsp3) is 1.00. The van der Waals surface area contributed by atoms with E-state index in [9.17, 15) is 0 Å². The molecule has 0 saturated heterocycles. The average Bonchev–Trinajstić information content (AvgIpc) is 2.30. The molecule has 2 unspecified atom stereocenters. The minimum atomic E-state index is 0.553. The summed E-state index contributed by atoms with van der Waals surface area (Å²) in [5, 5.41) is 3.43. The second kappa shape index (κ2) is 9.00. The van der Waals surface area contributed by atoms with Crippen molar-refractivity contribution in [2.75, 3.05) is 19.7 Å². The maximum Gasteiger partial charge on any atom is 0.0600 e. The zero-order valence-corrected chi connectivity index (χ0v) is 11.1. The van der Waals surface area contributed by atoms with Crippen molar-refractivity contribution in [1.82, 2.24) is 5.32 Å². The van der Waals surface area contributed by atoms with Crippen LogP contribution in [0.4, 0.5) is 0 Å². The summed E-state index contributed by atoms with van der Waals surface area (Å²) in [6.45, 7) is 7.81. The van der Waals surface area contributed by atoms with Crippen LogP contribution in [-0.4, -0.2) is 25.8 Å². The molecule has 1 rings (SSSR count). The van der Waals surface area contributed by atoms with Crippen LogP contribution >= 0.6 is 0 Å². The standard InChI is InChI=1S/C14H29NO/c1-3-10-15-11-6-7-12-16-14-9-5-4-8-13(14)2/h13-15H,3-12H2,1-2H3. The highest BCUT2D eigenvalue weighted by atomic mass is 16.5. The molecule has 0 amide bonds. The van der Waals surface area contributed by atoms with Gasteiger partial charge in [0.2, 0.25) is 0 Å². The molecular weight excluding hydrogens is 198 g/mol. The van der Waals surface area contributed by atoms with Gasteiger partial charge in [-0.1, -0.05) is 26.7 Å². The molecule has 1 aliphatic rings. The van der Waals surface area contributed by atoms with Crippen molar-refractivity contribution in [2.45, 2.75) is 64.9 Å².